The zero-order valence-electron chi connectivity index (χ0n) is 7.26. The number of hydrogen-bond acceptors (Lipinski definition) is 3. The molecular formula is C6H19ClN2O. The van der Waals surface area contributed by atoms with Gasteiger partial charge in [-0.25, -0.2) is 0 Å². The first-order valence-electron chi connectivity index (χ1n) is 2.85. The van der Waals surface area contributed by atoms with Gasteiger partial charge in [-0.15, -0.1) is 12.4 Å². The standard InChI is InChI=1S/C3H9N.C3H6O.ClH.H3N/c1-4(2)3;1-3-2-4-3;;/h1-3H3;3H,2H2,1H3;1H;1H3. The second kappa shape index (κ2) is 9.17. The summed E-state index contributed by atoms with van der Waals surface area (Å²) in [5.74, 6) is 0. The average Bonchev–Trinajstić information content (AvgIpc) is 2.19. The summed E-state index contributed by atoms with van der Waals surface area (Å²) in [7, 11) is 6.00. The van der Waals surface area contributed by atoms with E-state index in [9.17, 15) is 0 Å². The molecule has 4 heteroatoms. The lowest BCUT2D eigenvalue weighted by molar-refractivity contribution is 0.423. The van der Waals surface area contributed by atoms with Crippen molar-refractivity contribution in [1.82, 2.24) is 11.1 Å². The van der Waals surface area contributed by atoms with Gasteiger partial charge in [-0.05, 0) is 28.1 Å². The van der Waals surface area contributed by atoms with Crippen molar-refractivity contribution in [2.45, 2.75) is 13.0 Å². The van der Waals surface area contributed by atoms with E-state index in [0.717, 1.165) is 6.61 Å². The molecule has 66 valence electrons. The Hall–Kier alpha value is 0.170. The number of ether oxygens (including phenoxy) is 1. The number of nitrogens with zero attached hydrogens (tertiary/aromatic N) is 1. The largest absolute Gasteiger partial charge is 0.373 e. The van der Waals surface area contributed by atoms with Gasteiger partial charge in [-0.3, -0.25) is 0 Å². The Morgan fingerprint density at radius 2 is 1.40 bits per heavy atom. The molecule has 1 heterocycles. The molecule has 1 aliphatic heterocycles. The van der Waals surface area contributed by atoms with Gasteiger partial charge >= 0.3 is 0 Å². The Morgan fingerprint density at radius 3 is 1.40 bits per heavy atom. The van der Waals surface area contributed by atoms with Crippen LogP contribution in [0.3, 0.4) is 0 Å². The van der Waals surface area contributed by atoms with Crippen molar-refractivity contribution in [2.24, 2.45) is 0 Å². The Kier molecular flexibility index (Phi) is 15.3. The van der Waals surface area contributed by atoms with Gasteiger partial charge in [0.25, 0.3) is 0 Å². The molecule has 10 heavy (non-hydrogen) atoms. The molecule has 1 saturated heterocycles. The molecule has 0 bridgehead atoms. The van der Waals surface area contributed by atoms with Gasteiger partial charge < -0.3 is 15.8 Å². The minimum Gasteiger partial charge on any atom is -0.373 e. The van der Waals surface area contributed by atoms with Crippen LogP contribution in [0.25, 0.3) is 0 Å². The Morgan fingerprint density at radius 1 is 1.30 bits per heavy atom. The predicted octanol–water partition coefficient (Wildman–Crippen LogP) is 1.17. The van der Waals surface area contributed by atoms with Crippen LogP contribution in [0.4, 0.5) is 0 Å². The fraction of sp³-hybridized carbons (Fsp3) is 1.00. The summed E-state index contributed by atoms with van der Waals surface area (Å²) in [4.78, 5) is 2.00. The molecule has 0 aromatic heterocycles. The first kappa shape index (κ1) is 16.6. The van der Waals surface area contributed by atoms with E-state index in [0.29, 0.717) is 6.10 Å². The van der Waals surface area contributed by atoms with Crippen molar-refractivity contribution >= 4 is 12.4 Å². The van der Waals surface area contributed by atoms with Crippen molar-refractivity contribution in [1.29, 1.82) is 0 Å². The molecule has 0 aromatic carbocycles. The van der Waals surface area contributed by atoms with Gasteiger partial charge in [-0.1, -0.05) is 0 Å². The van der Waals surface area contributed by atoms with E-state index < -0.39 is 0 Å². The van der Waals surface area contributed by atoms with Crippen molar-refractivity contribution < 1.29 is 4.74 Å². The van der Waals surface area contributed by atoms with Crippen molar-refractivity contribution in [2.75, 3.05) is 27.7 Å². The summed E-state index contributed by atoms with van der Waals surface area (Å²) in [5, 5.41) is 0. The molecule has 1 aliphatic rings. The van der Waals surface area contributed by atoms with E-state index in [-0.39, 0.29) is 18.6 Å². The lowest BCUT2D eigenvalue weighted by Crippen LogP contribution is -1.99. The maximum Gasteiger partial charge on any atom is 0.0781 e. The molecule has 1 unspecified atom stereocenters. The monoisotopic (exact) mass is 170 g/mol. The first-order valence-corrected chi connectivity index (χ1v) is 2.85. The highest BCUT2D eigenvalue weighted by Crippen LogP contribution is 2.04. The van der Waals surface area contributed by atoms with Crippen LogP contribution in [0.2, 0.25) is 0 Å². The molecule has 1 fully saturated rings. The third kappa shape index (κ3) is 41.8. The summed E-state index contributed by atoms with van der Waals surface area (Å²) in [6.45, 7) is 3.04. The number of hydrogen-bond donors (Lipinski definition) is 1. The second-order valence-electron chi connectivity index (χ2n) is 2.49. The molecule has 1 rings (SSSR count). The molecular weight excluding hydrogens is 152 g/mol. The summed E-state index contributed by atoms with van der Waals surface area (Å²) in [6.07, 6.45) is 0.583. The molecule has 1 atom stereocenters. The van der Waals surface area contributed by atoms with Crippen LogP contribution in [0.15, 0.2) is 0 Å². The van der Waals surface area contributed by atoms with Crippen molar-refractivity contribution in [3.8, 4) is 0 Å². The molecule has 3 nitrogen and oxygen atoms in total. The van der Waals surface area contributed by atoms with Crippen LogP contribution in [0, 0.1) is 0 Å². The Bertz CT molecular complexity index is 55.0. The topological polar surface area (TPSA) is 50.8 Å². The highest BCUT2D eigenvalue weighted by atomic mass is 35.5. The lowest BCUT2D eigenvalue weighted by Gasteiger charge is -1.90. The number of rotatable bonds is 0. The van der Waals surface area contributed by atoms with Gasteiger partial charge in [0.05, 0.1) is 12.7 Å². The van der Waals surface area contributed by atoms with Gasteiger partial charge in [0.15, 0.2) is 0 Å². The predicted molar refractivity (Wildman–Crippen MR) is 47.3 cm³/mol. The van der Waals surface area contributed by atoms with E-state index in [1.54, 1.807) is 0 Å². The van der Waals surface area contributed by atoms with Gasteiger partial charge in [0.2, 0.25) is 0 Å². The van der Waals surface area contributed by atoms with E-state index in [1.165, 1.54) is 0 Å². The van der Waals surface area contributed by atoms with Crippen LogP contribution in [0.1, 0.15) is 6.92 Å². The first-order chi connectivity index (χ1) is 3.63. The van der Waals surface area contributed by atoms with E-state index in [4.69, 9.17) is 4.74 Å². The molecule has 0 amide bonds. The third-order valence-electron chi connectivity index (χ3n) is 0.500. The van der Waals surface area contributed by atoms with Gasteiger partial charge in [-0.2, -0.15) is 0 Å². The van der Waals surface area contributed by atoms with E-state index >= 15 is 0 Å². The van der Waals surface area contributed by atoms with Crippen LogP contribution in [-0.2, 0) is 4.74 Å². The van der Waals surface area contributed by atoms with Crippen LogP contribution >= 0.6 is 12.4 Å². The lowest BCUT2D eigenvalue weighted by atomic mass is 10.6. The molecule has 0 spiro atoms. The minimum atomic E-state index is 0. The minimum absolute atomic E-state index is 0. The number of halogens is 1. The molecule has 0 saturated carbocycles. The smallest absolute Gasteiger partial charge is 0.0781 e. The fourth-order valence-electron chi connectivity index (χ4n) is 0.0962. The molecule has 0 aromatic rings. The average molecular weight is 171 g/mol. The van der Waals surface area contributed by atoms with Crippen molar-refractivity contribution in [3.05, 3.63) is 0 Å². The summed E-state index contributed by atoms with van der Waals surface area (Å²) in [5.41, 5.74) is 0. The quantitative estimate of drug-likeness (QED) is 0.556. The molecule has 0 radical (unpaired) electrons. The zero-order chi connectivity index (χ0) is 6.57. The normalized spacial score (nSPS) is 19.5. The third-order valence-corrected chi connectivity index (χ3v) is 0.500. The maximum absolute atomic E-state index is 4.71. The summed E-state index contributed by atoms with van der Waals surface area (Å²) < 4.78 is 4.71. The van der Waals surface area contributed by atoms with Crippen LogP contribution in [-0.4, -0.2) is 38.8 Å². The molecule has 0 aliphatic carbocycles. The SMILES string of the molecule is CC1CO1.CN(C)C.Cl.N. The highest BCUT2D eigenvalue weighted by Gasteiger charge is 2.13. The van der Waals surface area contributed by atoms with Gasteiger partial charge in [0.1, 0.15) is 0 Å². The number of epoxide rings is 1. The molecule has 3 N–H and O–H groups in total. The van der Waals surface area contributed by atoms with E-state index in [1.807, 2.05) is 26.0 Å². The second-order valence-corrected chi connectivity index (χ2v) is 2.49. The van der Waals surface area contributed by atoms with Crippen LogP contribution < -0.4 is 6.15 Å². The Balaban J connectivity index is -0.0000000817. The van der Waals surface area contributed by atoms with Crippen molar-refractivity contribution in [3.63, 3.8) is 0 Å². The Labute approximate surface area is 69.7 Å². The summed E-state index contributed by atoms with van der Waals surface area (Å²) >= 11 is 0. The van der Waals surface area contributed by atoms with Gasteiger partial charge in [0, 0.05) is 0 Å². The zero-order valence-corrected chi connectivity index (χ0v) is 8.07. The highest BCUT2D eigenvalue weighted by molar-refractivity contribution is 5.85. The summed E-state index contributed by atoms with van der Waals surface area (Å²) in [6, 6.07) is 0. The van der Waals surface area contributed by atoms with E-state index in [2.05, 4.69) is 6.92 Å². The maximum atomic E-state index is 4.71. The van der Waals surface area contributed by atoms with Crippen LogP contribution in [0.5, 0.6) is 0 Å². The fourth-order valence-corrected chi connectivity index (χ4v) is 0.0962.